The van der Waals surface area contributed by atoms with Gasteiger partial charge in [0.15, 0.2) is 0 Å². The number of carbonyl (C=O) groups is 1. The van der Waals surface area contributed by atoms with Gasteiger partial charge in [-0.2, -0.15) is 0 Å². The van der Waals surface area contributed by atoms with Gasteiger partial charge in [0.25, 0.3) is 0 Å². The minimum Gasteiger partial charge on any atom is -0.444 e. The first-order valence-corrected chi connectivity index (χ1v) is 9.79. The molecule has 8 nitrogen and oxygen atoms in total. The molecule has 2 aromatic heterocycles. The van der Waals surface area contributed by atoms with Crippen molar-refractivity contribution >= 4 is 11.9 Å². The number of likely N-dealkylation sites (tertiary alicyclic amines) is 1. The highest BCUT2D eigenvalue weighted by atomic mass is 16.6. The van der Waals surface area contributed by atoms with Gasteiger partial charge in [-0.15, -0.1) is 5.10 Å². The summed E-state index contributed by atoms with van der Waals surface area (Å²) in [7, 11) is 0. The van der Waals surface area contributed by atoms with Crippen LogP contribution in [0.3, 0.4) is 0 Å². The molecule has 142 valence electrons. The molecule has 2 atom stereocenters. The van der Waals surface area contributed by atoms with Gasteiger partial charge < -0.3 is 14.5 Å². The molecule has 4 heterocycles. The molecule has 8 heteroatoms. The Bertz CT molecular complexity index is 806. The van der Waals surface area contributed by atoms with E-state index in [1.165, 1.54) is 12.8 Å². The SMILES string of the molecule is O=C(OC1CCN(c2ccccn2)C1)N1CCC(n2cc(C3CC3)nn2)C1. The van der Waals surface area contributed by atoms with Gasteiger partial charge in [0.1, 0.15) is 11.9 Å². The molecule has 2 aliphatic heterocycles. The number of ether oxygens (including phenoxy) is 1. The molecule has 5 rings (SSSR count). The van der Waals surface area contributed by atoms with Crippen LogP contribution in [0.1, 0.15) is 43.3 Å². The maximum absolute atomic E-state index is 12.6. The Morgan fingerprint density at radius 3 is 2.85 bits per heavy atom. The third-order valence-corrected chi connectivity index (χ3v) is 5.71. The monoisotopic (exact) mass is 368 g/mol. The summed E-state index contributed by atoms with van der Waals surface area (Å²) < 4.78 is 7.69. The summed E-state index contributed by atoms with van der Waals surface area (Å²) >= 11 is 0. The fourth-order valence-corrected chi connectivity index (χ4v) is 3.95. The van der Waals surface area contributed by atoms with E-state index in [2.05, 4.69) is 26.4 Å². The Kier molecular flexibility index (Phi) is 4.18. The zero-order valence-corrected chi connectivity index (χ0v) is 15.3. The van der Waals surface area contributed by atoms with E-state index in [9.17, 15) is 4.79 Å². The van der Waals surface area contributed by atoms with E-state index >= 15 is 0 Å². The number of rotatable bonds is 4. The number of hydrogen-bond acceptors (Lipinski definition) is 6. The first-order valence-electron chi connectivity index (χ1n) is 9.79. The zero-order chi connectivity index (χ0) is 18.2. The summed E-state index contributed by atoms with van der Waals surface area (Å²) in [4.78, 5) is 20.9. The largest absolute Gasteiger partial charge is 0.444 e. The first-order chi connectivity index (χ1) is 13.3. The van der Waals surface area contributed by atoms with Crippen molar-refractivity contribution in [1.29, 1.82) is 0 Å². The van der Waals surface area contributed by atoms with Crippen LogP contribution in [-0.2, 0) is 4.74 Å². The minimum absolute atomic E-state index is 0.0774. The summed E-state index contributed by atoms with van der Waals surface area (Å²) in [5, 5.41) is 8.55. The van der Waals surface area contributed by atoms with E-state index in [1.807, 2.05) is 22.9 Å². The van der Waals surface area contributed by atoms with E-state index in [-0.39, 0.29) is 18.2 Å². The third kappa shape index (κ3) is 3.48. The van der Waals surface area contributed by atoms with Crippen LogP contribution in [0.25, 0.3) is 0 Å². The number of hydrogen-bond donors (Lipinski definition) is 0. The molecule has 0 N–H and O–H groups in total. The van der Waals surface area contributed by atoms with Crippen molar-refractivity contribution in [2.24, 2.45) is 0 Å². The number of amides is 1. The van der Waals surface area contributed by atoms with Crippen LogP contribution < -0.4 is 4.90 Å². The van der Waals surface area contributed by atoms with Crippen molar-refractivity contribution in [3.8, 4) is 0 Å². The van der Waals surface area contributed by atoms with E-state index in [0.717, 1.165) is 30.9 Å². The quantitative estimate of drug-likeness (QED) is 0.824. The van der Waals surface area contributed by atoms with Gasteiger partial charge in [-0.25, -0.2) is 14.5 Å². The van der Waals surface area contributed by atoms with Gasteiger partial charge in [-0.1, -0.05) is 11.3 Å². The van der Waals surface area contributed by atoms with Crippen LogP contribution in [0.15, 0.2) is 30.6 Å². The van der Waals surface area contributed by atoms with Crippen molar-refractivity contribution in [1.82, 2.24) is 24.9 Å². The highest BCUT2D eigenvalue weighted by molar-refractivity contribution is 5.68. The van der Waals surface area contributed by atoms with Crippen LogP contribution in [0.5, 0.6) is 0 Å². The lowest BCUT2D eigenvalue weighted by molar-refractivity contribution is 0.0764. The predicted molar refractivity (Wildman–Crippen MR) is 98.6 cm³/mol. The lowest BCUT2D eigenvalue weighted by atomic mass is 10.2. The third-order valence-electron chi connectivity index (χ3n) is 5.71. The molecule has 0 spiro atoms. The van der Waals surface area contributed by atoms with Gasteiger partial charge in [0, 0.05) is 44.4 Å². The molecule has 27 heavy (non-hydrogen) atoms. The van der Waals surface area contributed by atoms with Gasteiger partial charge in [-0.05, 0) is 31.4 Å². The maximum Gasteiger partial charge on any atom is 0.410 e. The molecule has 0 bridgehead atoms. The van der Waals surface area contributed by atoms with Crippen LogP contribution in [-0.4, -0.2) is 63.3 Å². The normalized spacial score (nSPS) is 25.2. The van der Waals surface area contributed by atoms with Crippen molar-refractivity contribution < 1.29 is 9.53 Å². The molecule has 1 aliphatic carbocycles. The Morgan fingerprint density at radius 2 is 2.04 bits per heavy atom. The first kappa shape index (κ1) is 16.5. The highest BCUT2D eigenvalue weighted by Crippen LogP contribution is 2.39. The van der Waals surface area contributed by atoms with Crippen LogP contribution in [0.2, 0.25) is 0 Å². The molecule has 3 fully saturated rings. The second-order valence-electron chi connectivity index (χ2n) is 7.71. The standard InChI is InChI=1S/C19H24N6O2/c26-19(27-16-7-10-23(12-16)18-3-1-2-8-20-18)24-9-6-15(11-24)25-13-17(21-22-25)14-4-5-14/h1-3,8,13-16H,4-7,9-12H2. The fourth-order valence-electron chi connectivity index (χ4n) is 3.95. The summed E-state index contributed by atoms with van der Waals surface area (Å²) in [6.45, 7) is 2.91. The second kappa shape index (κ2) is 6.83. The molecule has 0 radical (unpaired) electrons. The topological polar surface area (TPSA) is 76.4 Å². The average Bonchev–Trinajstić information content (AvgIpc) is 3.12. The van der Waals surface area contributed by atoms with E-state index in [4.69, 9.17) is 4.74 Å². The fraction of sp³-hybridized carbons (Fsp3) is 0.579. The van der Waals surface area contributed by atoms with Gasteiger partial charge >= 0.3 is 6.09 Å². The number of anilines is 1. The van der Waals surface area contributed by atoms with Crippen LogP contribution in [0, 0.1) is 0 Å². The molecule has 2 saturated heterocycles. The number of aromatic nitrogens is 4. The highest BCUT2D eigenvalue weighted by Gasteiger charge is 2.34. The smallest absolute Gasteiger partial charge is 0.410 e. The number of carbonyl (C=O) groups excluding carboxylic acids is 1. The minimum atomic E-state index is -0.215. The molecule has 1 saturated carbocycles. The van der Waals surface area contributed by atoms with Gasteiger partial charge in [0.2, 0.25) is 0 Å². The number of nitrogens with zero attached hydrogens (tertiary/aromatic N) is 6. The Labute approximate surface area is 158 Å². The van der Waals surface area contributed by atoms with Crippen molar-refractivity contribution in [3.63, 3.8) is 0 Å². The molecule has 1 amide bonds. The lowest BCUT2D eigenvalue weighted by Crippen LogP contribution is -2.34. The zero-order valence-electron chi connectivity index (χ0n) is 15.3. The Hall–Kier alpha value is -2.64. The maximum atomic E-state index is 12.6. The summed E-state index contributed by atoms with van der Waals surface area (Å²) in [5.74, 6) is 1.54. The summed E-state index contributed by atoms with van der Waals surface area (Å²) in [6, 6.07) is 6.07. The van der Waals surface area contributed by atoms with Crippen LogP contribution in [0.4, 0.5) is 10.6 Å². The molecule has 3 aliphatic rings. The van der Waals surface area contributed by atoms with E-state index in [1.54, 1.807) is 11.1 Å². The molecule has 2 aromatic rings. The van der Waals surface area contributed by atoms with Gasteiger partial charge in [-0.3, -0.25) is 0 Å². The number of pyridine rings is 1. The predicted octanol–water partition coefficient (Wildman–Crippen LogP) is 2.21. The Balaban J connectivity index is 1.14. The second-order valence-corrected chi connectivity index (χ2v) is 7.71. The van der Waals surface area contributed by atoms with Crippen molar-refractivity contribution in [2.75, 3.05) is 31.1 Å². The summed E-state index contributed by atoms with van der Waals surface area (Å²) in [5.41, 5.74) is 1.09. The molecule has 2 unspecified atom stereocenters. The van der Waals surface area contributed by atoms with Crippen molar-refractivity contribution in [2.45, 2.75) is 43.7 Å². The van der Waals surface area contributed by atoms with Crippen LogP contribution >= 0.6 is 0 Å². The molecule has 0 aromatic carbocycles. The average molecular weight is 368 g/mol. The van der Waals surface area contributed by atoms with Crippen molar-refractivity contribution in [3.05, 3.63) is 36.3 Å². The Morgan fingerprint density at radius 1 is 1.11 bits per heavy atom. The van der Waals surface area contributed by atoms with Gasteiger partial charge in [0.05, 0.1) is 18.3 Å². The van der Waals surface area contributed by atoms with E-state index in [0.29, 0.717) is 25.6 Å². The van der Waals surface area contributed by atoms with E-state index < -0.39 is 0 Å². The summed E-state index contributed by atoms with van der Waals surface area (Å²) in [6.07, 6.45) is 7.73. The lowest BCUT2D eigenvalue weighted by Gasteiger charge is -2.20. The molecular formula is C19H24N6O2. The molecular weight excluding hydrogens is 344 g/mol.